The minimum Gasteiger partial charge on any atom is -0.493 e. The molecule has 1 aliphatic rings. The Bertz CT molecular complexity index is 1050. The van der Waals surface area contributed by atoms with E-state index in [4.69, 9.17) is 15.2 Å². The van der Waals surface area contributed by atoms with Crippen LogP contribution in [0.5, 0.6) is 11.5 Å². The molecule has 8 heteroatoms. The molecule has 0 atom stereocenters. The SMILES string of the molecule is COc1cc2c(-c3cc(F)cc(F)c3)ncnc2cc1OCCCN1CCC(CN)CC1. The summed E-state index contributed by atoms with van der Waals surface area (Å²) in [6, 6.07) is 6.86. The van der Waals surface area contributed by atoms with Crippen molar-refractivity contribution >= 4 is 10.9 Å². The summed E-state index contributed by atoms with van der Waals surface area (Å²) in [5, 5.41) is 0.629. The van der Waals surface area contributed by atoms with E-state index >= 15 is 0 Å². The molecule has 6 nitrogen and oxygen atoms in total. The highest BCUT2D eigenvalue weighted by molar-refractivity contribution is 5.94. The highest BCUT2D eigenvalue weighted by Crippen LogP contribution is 2.35. The van der Waals surface area contributed by atoms with Gasteiger partial charge in [0.25, 0.3) is 0 Å². The quantitative estimate of drug-likeness (QED) is 0.531. The van der Waals surface area contributed by atoms with E-state index in [1.54, 1.807) is 19.2 Å². The summed E-state index contributed by atoms with van der Waals surface area (Å²) < 4.78 is 39.0. The van der Waals surface area contributed by atoms with Crippen LogP contribution in [0.3, 0.4) is 0 Å². The molecule has 1 fully saturated rings. The van der Waals surface area contributed by atoms with Crippen molar-refractivity contribution in [3.8, 4) is 22.8 Å². The van der Waals surface area contributed by atoms with E-state index in [0.29, 0.717) is 46.2 Å². The van der Waals surface area contributed by atoms with Crippen molar-refractivity contribution < 1.29 is 18.3 Å². The number of nitrogens with zero attached hydrogens (tertiary/aromatic N) is 3. The number of halogens is 2. The highest BCUT2D eigenvalue weighted by Gasteiger charge is 2.18. The second-order valence-corrected chi connectivity index (χ2v) is 8.12. The molecular formula is C24H28F2N4O2. The number of fused-ring (bicyclic) bond motifs is 1. The Labute approximate surface area is 186 Å². The van der Waals surface area contributed by atoms with E-state index in [2.05, 4.69) is 14.9 Å². The smallest absolute Gasteiger partial charge is 0.163 e. The van der Waals surface area contributed by atoms with E-state index in [9.17, 15) is 8.78 Å². The number of aromatic nitrogens is 2. The molecule has 3 aromatic rings. The van der Waals surface area contributed by atoms with Gasteiger partial charge in [0.2, 0.25) is 0 Å². The van der Waals surface area contributed by atoms with Gasteiger partial charge in [-0.25, -0.2) is 18.7 Å². The van der Waals surface area contributed by atoms with Crippen LogP contribution in [0.15, 0.2) is 36.7 Å². The van der Waals surface area contributed by atoms with Crippen LogP contribution in [0, 0.1) is 17.6 Å². The number of nitrogens with two attached hydrogens (primary N) is 1. The van der Waals surface area contributed by atoms with E-state index in [-0.39, 0.29) is 0 Å². The molecule has 170 valence electrons. The third-order valence-corrected chi connectivity index (χ3v) is 5.97. The molecule has 0 amide bonds. The lowest BCUT2D eigenvalue weighted by molar-refractivity contribution is 0.172. The molecule has 0 saturated carbocycles. The third kappa shape index (κ3) is 5.14. The second kappa shape index (κ2) is 10.2. The van der Waals surface area contributed by atoms with Crippen LogP contribution < -0.4 is 15.2 Å². The van der Waals surface area contributed by atoms with Gasteiger partial charge >= 0.3 is 0 Å². The van der Waals surface area contributed by atoms with Gasteiger partial charge in [0.05, 0.1) is 24.9 Å². The van der Waals surface area contributed by atoms with E-state index in [0.717, 1.165) is 51.5 Å². The van der Waals surface area contributed by atoms with Gasteiger partial charge in [0.1, 0.15) is 18.0 Å². The average Bonchev–Trinajstić information content (AvgIpc) is 2.80. The van der Waals surface area contributed by atoms with Crippen LogP contribution in [0.4, 0.5) is 8.78 Å². The predicted octanol–water partition coefficient (Wildman–Crippen LogP) is 4.02. The molecule has 0 aliphatic carbocycles. The fraction of sp³-hybridized carbons (Fsp3) is 0.417. The summed E-state index contributed by atoms with van der Waals surface area (Å²) in [5.41, 5.74) is 7.14. The molecule has 1 aliphatic heterocycles. The number of rotatable bonds is 8. The van der Waals surface area contributed by atoms with Crippen molar-refractivity contribution in [1.82, 2.24) is 14.9 Å². The van der Waals surface area contributed by atoms with E-state index in [1.807, 2.05) is 0 Å². The van der Waals surface area contributed by atoms with Gasteiger partial charge in [-0.3, -0.25) is 0 Å². The van der Waals surface area contributed by atoms with Crippen molar-refractivity contribution in [3.63, 3.8) is 0 Å². The van der Waals surface area contributed by atoms with Gasteiger partial charge in [0.15, 0.2) is 11.5 Å². The van der Waals surface area contributed by atoms with Crippen molar-refractivity contribution in [2.45, 2.75) is 19.3 Å². The zero-order valence-electron chi connectivity index (χ0n) is 18.2. The normalized spacial score (nSPS) is 15.2. The van der Waals surface area contributed by atoms with Gasteiger partial charge in [-0.1, -0.05) is 0 Å². The molecule has 0 spiro atoms. The summed E-state index contributed by atoms with van der Waals surface area (Å²) >= 11 is 0. The summed E-state index contributed by atoms with van der Waals surface area (Å²) in [4.78, 5) is 11.0. The lowest BCUT2D eigenvalue weighted by Gasteiger charge is -2.31. The second-order valence-electron chi connectivity index (χ2n) is 8.12. The summed E-state index contributed by atoms with van der Waals surface area (Å²) in [5.74, 6) is 0.433. The first-order valence-electron chi connectivity index (χ1n) is 10.9. The van der Waals surface area contributed by atoms with Crippen molar-refractivity contribution in [1.29, 1.82) is 0 Å². The first-order valence-corrected chi connectivity index (χ1v) is 10.9. The van der Waals surface area contributed by atoms with Gasteiger partial charge in [-0.05, 0) is 63.0 Å². The van der Waals surface area contributed by atoms with Gasteiger partial charge in [-0.15, -0.1) is 0 Å². The predicted molar refractivity (Wildman–Crippen MR) is 120 cm³/mol. The van der Waals surface area contributed by atoms with Crippen molar-refractivity contribution in [3.05, 3.63) is 48.3 Å². The van der Waals surface area contributed by atoms with Crippen LogP contribution >= 0.6 is 0 Å². The molecule has 0 unspecified atom stereocenters. The number of piperidine rings is 1. The van der Waals surface area contributed by atoms with Crippen LogP contribution in [0.2, 0.25) is 0 Å². The molecule has 1 aromatic heterocycles. The van der Waals surface area contributed by atoms with E-state index in [1.165, 1.54) is 18.5 Å². The monoisotopic (exact) mass is 442 g/mol. The number of hydrogen-bond acceptors (Lipinski definition) is 6. The van der Waals surface area contributed by atoms with Crippen molar-refractivity contribution in [2.75, 3.05) is 39.9 Å². The largest absolute Gasteiger partial charge is 0.493 e. The Balaban J connectivity index is 1.47. The number of benzene rings is 2. The van der Waals surface area contributed by atoms with Crippen LogP contribution in [0.25, 0.3) is 22.2 Å². The Morgan fingerprint density at radius 2 is 1.78 bits per heavy atom. The third-order valence-electron chi connectivity index (χ3n) is 5.97. The maximum absolute atomic E-state index is 13.7. The Morgan fingerprint density at radius 1 is 1.03 bits per heavy atom. The van der Waals surface area contributed by atoms with Crippen LogP contribution in [-0.2, 0) is 0 Å². The minimum atomic E-state index is -0.661. The van der Waals surface area contributed by atoms with Gasteiger partial charge in [-0.2, -0.15) is 0 Å². The fourth-order valence-corrected chi connectivity index (χ4v) is 4.17. The molecule has 2 N–H and O–H groups in total. The number of hydrogen-bond donors (Lipinski definition) is 1. The first kappa shape index (κ1) is 22.4. The Morgan fingerprint density at radius 3 is 2.47 bits per heavy atom. The zero-order chi connectivity index (χ0) is 22.5. The summed E-state index contributed by atoms with van der Waals surface area (Å²) in [7, 11) is 1.56. The summed E-state index contributed by atoms with van der Waals surface area (Å²) in [6.45, 7) is 4.47. The molecular weight excluding hydrogens is 414 g/mol. The Kier molecular flexibility index (Phi) is 7.12. The van der Waals surface area contributed by atoms with Gasteiger partial charge in [0, 0.05) is 29.6 Å². The summed E-state index contributed by atoms with van der Waals surface area (Å²) in [6.07, 6.45) is 4.59. The van der Waals surface area contributed by atoms with Crippen molar-refractivity contribution in [2.24, 2.45) is 11.7 Å². The van der Waals surface area contributed by atoms with Crippen LogP contribution in [0.1, 0.15) is 19.3 Å². The maximum Gasteiger partial charge on any atom is 0.163 e. The minimum absolute atomic E-state index is 0.337. The van der Waals surface area contributed by atoms with Crippen LogP contribution in [-0.4, -0.2) is 54.8 Å². The van der Waals surface area contributed by atoms with Gasteiger partial charge < -0.3 is 20.1 Å². The maximum atomic E-state index is 13.7. The topological polar surface area (TPSA) is 73.5 Å². The standard InChI is InChI=1S/C24H28F2N4O2/c1-31-22-12-20-21(28-15-29-24(20)17-9-18(25)11-19(26)10-17)13-23(22)32-8-2-5-30-6-3-16(14-27)4-7-30/h9-13,15-16H,2-8,14,27H2,1H3. The lowest BCUT2D eigenvalue weighted by Crippen LogP contribution is -2.37. The highest BCUT2D eigenvalue weighted by atomic mass is 19.1. The molecule has 0 bridgehead atoms. The molecule has 2 heterocycles. The number of ether oxygens (including phenoxy) is 2. The molecule has 32 heavy (non-hydrogen) atoms. The average molecular weight is 443 g/mol. The molecule has 1 saturated heterocycles. The number of likely N-dealkylation sites (tertiary alicyclic amines) is 1. The van der Waals surface area contributed by atoms with E-state index < -0.39 is 11.6 Å². The molecule has 2 aromatic carbocycles. The number of methoxy groups -OCH3 is 1. The molecule has 0 radical (unpaired) electrons. The molecule has 4 rings (SSSR count). The fourth-order valence-electron chi connectivity index (χ4n) is 4.17. The first-order chi connectivity index (χ1) is 15.6. The lowest BCUT2D eigenvalue weighted by atomic mass is 9.97. The zero-order valence-corrected chi connectivity index (χ0v) is 18.2. The Hall–Kier alpha value is -2.84.